The number of sulfonamides is 1. The van der Waals surface area contributed by atoms with Gasteiger partial charge in [-0.25, -0.2) is 22.8 Å². The largest absolute Gasteiger partial charge is 0.471 e. The van der Waals surface area contributed by atoms with Crippen molar-refractivity contribution in [2.45, 2.75) is 100 Å². The molecule has 0 bridgehead atoms. The Balaban J connectivity index is 1.20. The lowest BCUT2D eigenvalue weighted by Gasteiger charge is -2.30. The van der Waals surface area contributed by atoms with Gasteiger partial charge in [0.15, 0.2) is 5.82 Å². The third-order valence-corrected chi connectivity index (χ3v) is 12.9. The van der Waals surface area contributed by atoms with Gasteiger partial charge in [-0.15, -0.1) is 0 Å². The van der Waals surface area contributed by atoms with Gasteiger partial charge in [-0.3, -0.25) is 28.6 Å². The minimum atomic E-state index is -4.01. The average molecular weight is 751 g/mol. The highest BCUT2D eigenvalue weighted by Gasteiger charge is 2.63. The molecule has 15 nitrogen and oxygen atoms in total. The number of rotatable bonds is 7. The number of ether oxygens (including phenoxy) is 1. The van der Waals surface area contributed by atoms with Crippen molar-refractivity contribution >= 4 is 44.7 Å². The molecule has 4 amide bonds. The number of amides is 4. The summed E-state index contributed by atoms with van der Waals surface area (Å²) in [6.45, 7) is 3.13. The third-order valence-electron chi connectivity index (χ3n) is 10.8. The smallest absolute Gasteiger partial charge is 0.272 e. The Morgan fingerprint density at radius 3 is 2.64 bits per heavy atom. The maximum atomic E-state index is 14.7. The van der Waals surface area contributed by atoms with Crippen molar-refractivity contribution in [3.63, 3.8) is 0 Å². The molecular weight excluding hydrogens is 708 g/mol. The molecular formula is C36H43FN8O7S. The first kappa shape index (κ1) is 36.4. The van der Waals surface area contributed by atoms with Crippen molar-refractivity contribution in [2.75, 3.05) is 6.54 Å². The fourth-order valence-corrected chi connectivity index (χ4v) is 8.41. The van der Waals surface area contributed by atoms with Crippen LogP contribution in [0, 0.1) is 18.7 Å². The van der Waals surface area contributed by atoms with Gasteiger partial charge in [0.05, 0.1) is 16.8 Å². The van der Waals surface area contributed by atoms with E-state index in [4.69, 9.17) is 4.74 Å². The number of aryl methyl sites for hydroxylation is 2. The highest BCUT2D eigenvalue weighted by atomic mass is 32.2. The van der Waals surface area contributed by atoms with Gasteiger partial charge >= 0.3 is 0 Å². The first-order chi connectivity index (χ1) is 25.2. The van der Waals surface area contributed by atoms with Gasteiger partial charge in [0.25, 0.3) is 11.8 Å². The Morgan fingerprint density at radius 1 is 1.11 bits per heavy atom. The predicted octanol–water partition coefficient (Wildman–Crippen LogP) is 2.35. The molecule has 3 N–H and O–H groups in total. The van der Waals surface area contributed by atoms with E-state index in [1.54, 1.807) is 33.2 Å². The lowest BCUT2D eigenvalue weighted by atomic mass is 10.0. The molecule has 4 aliphatic rings. The second-order valence-electron chi connectivity index (χ2n) is 14.8. The third kappa shape index (κ3) is 7.22. The van der Waals surface area contributed by atoms with Crippen LogP contribution in [0.3, 0.4) is 0 Å². The second kappa shape index (κ2) is 13.8. The summed E-state index contributed by atoms with van der Waals surface area (Å²) in [4.78, 5) is 66.0. The minimum absolute atomic E-state index is 0.00264. The first-order valence-electron chi connectivity index (χ1n) is 18.0. The fourth-order valence-electron chi connectivity index (χ4n) is 7.10. The molecule has 2 aliphatic heterocycles. The molecule has 2 aliphatic carbocycles. The average Bonchev–Trinajstić information content (AvgIpc) is 3.91. The summed E-state index contributed by atoms with van der Waals surface area (Å²) in [6, 6.07) is 3.74. The van der Waals surface area contributed by atoms with Crippen molar-refractivity contribution < 1.29 is 36.7 Å². The van der Waals surface area contributed by atoms with Crippen LogP contribution in [0.2, 0.25) is 0 Å². The normalized spacial score (nSPS) is 27.7. The highest BCUT2D eigenvalue weighted by molar-refractivity contribution is 7.91. The van der Waals surface area contributed by atoms with Crippen molar-refractivity contribution in [1.82, 2.24) is 40.0 Å². The number of para-hydroxylation sites is 1. The van der Waals surface area contributed by atoms with Gasteiger partial charge in [-0.05, 0) is 70.6 Å². The summed E-state index contributed by atoms with van der Waals surface area (Å²) >= 11 is 0. The summed E-state index contributed by atoms with van der Waals surface area (Å²) in [5.74, 6) is -3.61. The number of aromatic nitrogens is 4. The Labute approximate surface area is 306 Å². The van der Waals surface area contributed by atoms with Gasteiger partial charge in [0, 0.05) is 25.6 Å². The number of halogens is 1. The standard InChI is InChI=1S/C36H43FN8O7S/c1-21-32(40-29-24(37)11-9-13-25(29)38-21)52-23-18-28-31(47)41-36(34(49)43-53(50,51)35(2)15-16-35)19-22(36)10-7-5-4-6-8-12-27(33(48)45(28)20-23)39-30(46)26-14-17-44(3)42-26/h7,9-11,13-14,17,22-23,27-28H,4-6,8,12,15-16,18-20H2,1-3H3,(H,39,46)(H,41,47)(H,43,49)/b10-7-/t22-,23-,27+,28+,36-/m1/s1. The number of fused-ring (bicyclic) bond motifs is 3. The molecule has 4 heterocycles. The van der Waals surface area contributed by atoms with E-state index in [0.717, 1.165) is 12.8 Å². The highest BCUT2D eigenvalue weighted by Crippen LogP contribution is 2.47. The van der Waals surface area contributed by atoms with Crippen LogP contribution in [-0.4, -0.2) is 91.7 Å². The van der Waals surface area contributed by atoms with E-state index in [0.29, 0.717) is 36.9 Å². The van der Waals surface area contributed by atoms with Crippen LogP contribution < -0.4 is 20.1 Å². The van der Waals surface area contributed by atoms with Crippen LogP contribution in [0.4, 0.5) is 4.39 Å². The Kier molecular flexibility index (Phi) is 9.49. The van der Waals surface area contributed by atoms with Crippen LogP contribution in [0.1, 0.15) is 80.9 Å². The van der Waals surface area contributed by atoms with Crippen LogP contribution in [0.15, 0.2) is 42.6 Å². The number of carbonyl (C=O) groups excluding carboxylic acids is 4. The molecule has 0 unspecified atom stereocenters. The van der Waals surface area contributed by atoms with E-state index in [9.17, 15) is 32.0 Å². The lowest BCUT2D eigenvalue weighted by Crippen LogP contribution is -2.58. The maximum absolute atomic E-state index is 14.7. The van der Waals surface area contributed by atoms with Crippen molar-refractivity contribution in [2.24, 2.45) is 13.0 Å². The topological polar surface area (TPSA) is 195 Å². The summed E-state index contributed by atoms with van der Waals surface area (Å²) in [5.41, 5.74) is -0.715. The Morgan fingerprint density at radius 2 is 1.91 bits per heavy atom. The van der Waals surface area contributed by atoms with Crippen molar-refractivity contribution in [3.8, 4) is 5.88 Å². The van der Waals surface area contributed by atoms with Gasteiger partial charge < -0.3 is 20.3 Å². The fraction of sp³-hybridized carbons (Fsp3) is 0.528. The van der Waals surface area contributed by atoms with E-state index in [2.05, 4.69) is 30.4 Å². The van der Waals surface area contributed by atoms with Crippen LogP contribution in [0.5, 0.6) is 5.88 Å². The summed E-state index contributed by atoms with van der Waals surface area (Å²) < 4.78 is 49.8. The molecule has 1 saturated heterocycles. The summed E-state index contributed by atoms with van der Waals surface area (Å²) in [5, 5.41) is 9.82. The summed E-state index contributed by atoms with van der Waals surface area (Å²) in [7, 11) is -2.34. The van der Waals surface area contributed by atoms with Gasteiger partial charge in [0.2, 0.25) is 27.7 Å². The maximum Gasteiger partial charge on any atom is 0.272 e. The minimum Gasteiger partial charge on any atom is -0.471 e. The molecule has 17 heteroatoms. The molecule has 1 aromatic carbocycles. The van der Waals surface area contributed by atoms with Crippen molar-refractivity contribution in [3.05, 3.63) is 59.8 Å². The monoisotopic (exact) mass is 750 g/mol. The predicted molar refractivity (Wildman–Crippen MR) is 189 cm³/mol. The molecule has 53 heavy (non-hydrogen) atoms. The van der Waals surface area contributed by atoms with E-state index in [1.165, 1.54) is 27.8 Å². The number of allylic oxidation sites excluding steroid dienone is 1. The number of hydrogen-bond donors (Lipinski definition) is 3. The summed E-state index contributed by atoms with van der Waals surface area (Å²) in [6.07, 6.45) is 8.61. The molecule has 0 radical (unpaired) electrons. The molecule has 2 aromatic heterocycles. The van der Waals surface area contributed by atoms with E-state index in [-0.39, 0.29) is 42.9 Å². The molecule has 282 valence electrons. The molecule has 0 spiro atoms. The SMILES string of the molecule is Cc1nc2cccc(F)c2nc1O[C@@H]1C[C@H]2C(=O)N[C@]3(C(=O)NS(=O)(=O)C4(C)CC4)C[C@H]3/C=C\CCCCC[C@H](NC(=O)c3ccn(C)n3)C(=O)N2C1. The van der Waals surface area contributed by atoms with E-state index in [1.807, 2.05) is 12.2 Å². The van der Waals surface area contributed by atoms with E-state index >= 15 is 0 Å². The number of benzene rings is 1. The molecule has 3 fully saturated rings. The van der Waals surface area contributed by atoms with Crippen LogP contribution in [0.25, 0.3) is 11.0 Å². The van der Waals surface area contributed by atoms with Crippen LogP contribution in [-0.2, 0) is 31.5 Å². The van der Waals surface area contributed by atoms with Gasteiger partial charge in [-0.2, -0.15) is 5.10 Å². The van der Waals surface area contributed by atoms with Gasteiger partial charge in [-0.1, -0.05) is 31.1 Å². The molecule has 2 saturated carbocycles. The van der Waals surface area contributed by atoms with Gasteiger partial charge in [0.1, 0.15) is 40.6 Å². The molecule has 5 atom stereocenters. The van der Waals surface area contributed by atoms with E-state index < -0.39 is 73.9 Å². The lowest BCUT2D eigenvalue weighted by molar-refractivity contribution is -0.141. The number of nitrogens with zero attached hydrogens (tertiary/aromatic N) is 5. The number of carbonyl (C=O) groups is 4. The first-order valence-corrected chi connectivity index (χ1v) is 19.4. The number of nitrogens with one attached hydrogen (secondary N) is 3. The second-order valence-corrected chi connectivity index (χ2v) is 17.0. The Bertz CT molecular complexity index is 2120. The zero-order valence-electron chi connectivity index (χ0n) is 29.8. The van der Waals surface area contributed by atoms with Crippen molar-refractivity contribution in [1.29, 1.82) is 0 Å². The Hall–Kier alpha value is -4.93. The molecule has 7 rings (SSSR count). The zero-order valence-corrected chi connectivity index (χ0v) is 30.6. The van der Waals surface area contributed by atoms with Crippen LogP contribution >= 0.6 is 0 Å². The molecule has 3 aromatic rings. The number of hydrogen-bond acceptors (Lipinski definition) is 10. The zero-order chi connectivity index (χ0) is 37.7. The quantitative estimate of drug-likeness (QED) is 0.302.